The van der Waals surface area contributed by atoms with E-state index in [4.69, 9.17) is 9.84 Å². The zero-order valence-corrected chi connectivity index (χ0v) is 12.5. The molecule has 21 heavy (non-hydrogen) atoms. The molecule has 1 saturated carbocycles. The molecule has 0 heterocycles. The predicted octanol–water partition coefficient (Wildman–Crippen LogP) is 3.10. The molecular formula is C17H25NO3. The molecule has 0 saturated heterocycles. The highest BCUT2D eigenvalue weighted by Crippen LogP contribution is 2.30. The number of hydrogen-bond acceptors (Lipinski definition) is 3. The zero-order valence-electron chi connectivity index (χ0n) is 12.5. The van der Waals surface area contributed by atoms with Gasteiger partial charge in [-0.05, 0) is 36.7 Å². The summed E-state index contributed by atoms with van der Waals surface area (Å²) in [6.07, 6.45) is 5.15. The lowest BCUT2D eigenvalue weighted by atomic mass is 9.81. The first-order valence-corrected chi connectivity index (χ1v) is 7.83. The summed E-state index contributed by atoms with van der Waals surface area (Å²) in [5.41, 5.74) is 0.997. The topological polar surface area (TPSA) is 58.6 Å². The van der Waals surface area contributed by atoms with E-state index in [9.17, 15) is 4.79 Å². The van der Waals surface area contributed by atoms with E-state index >= 15 is 0 Å². The summed E-state index contributed by atoms with van der Waals surface area (Å²) >= 11 is 0. The van der Waals surface area contributed by atoms with Gasteiger partial charge in [0.25, 0.3) is 0 Å². The van der Waals surface area contributed by atoms with Crippen LogP contribution in [0, 0.1) is 11.8 Å². The fourth-order valence-electron chi connectivity index (χ4n) is 2.91. The van der Waals surface area contributed by atoms with Gasteiger partial charge < -0.3 is 15.2 Å². The third-order valence-corrected chi connectivity index (χ3v) is 4.25. The molecule has 0 bridgehead atoms. The molecule has 1 aliphatic rings. The van der Waals surface area contributed by atoms with Crippen molar-refractivity contribution in [2.75, 3.05) is 13.2 Å². The Morgan fingerprint density at radius 1 is 1.14 bits per heavy atom. The van der Waals surface area contributed by atoms with Gasteiger partial charge in [-0.1, -0.05) is 43.2 Å². The molecule has 116 valence electrons. The highest BCUT2D eigenvalue weighted by Gasteiger charge is 2.21. The van der Waals surface area contributed by atoms with Gasteiger partial charge in [0.05, 0.1) is 0 Å². The molecule has 2 N–H and O–H groups in total. The van der Waals surface area contributed by atoms with Gasteiger partial charge in [0, 0.05) is 13.2 Å². The zero-order chi connectivity index (χ0) is 14.9. The van der Waals surface area contributed by atoms with Crippen LogP contribution in [0.3, 0.4) is 0 Å². The molecule has 1 aromatic rings. The summed E-state index contributed by atoms with van der Waals surface area (Å²) in [6, 6.07) is 9.69. The van der Waals surface area contributed by atoms with Gasteiger partial charge in [-0.25, -0.2) is 4.79 Å². The first-order valence-electron chi connectivity index (χ1n) is 7.83. The smallest absolute Gasteiger partial charge is 0.407 e. The summed E-state index contributed by atoms with van der Waals surface area (Å²) in [5.74, 6) is 1.21. The van der Waals surface area contributed by atoms with Gasteiger partial charge in [0.2, 0.25) is 0 Å². The van der Waals surface area contributed by atoms with Gasteiger partial charge in [-0.15, -0.1) is 0 Å². The van der Waals surface area contributed by atoms with Crippen LogP contribution < -0.4 is 5.32 Å². The minimum Gasteiger partial charge on any atom is -0.445 e. The van der Waals surface area contributed by atoms with E-state index in [0.717, 1.165) is 37.7 Å². The number of nitrogens with one attached hydrogen (secondary N) is 1. The lowest BCUT2D eigenvalue weighted by molar-refractivity contribution is 0.135. The number of benzene rings is 1. The second-order valence-electron chi connectivity index (χ2n) is 5.84. The Bertz CT molecular complexity index is 413. The van der Waals surface area contributed by atoms with Crippen molar-refractivity contribution in [2.24, 2.45) is 11.8 Å². The second kappa shape index (κ2) is 8.67. The van der Waals surface area contributed by atoms with E-state index in [1.165, 1.54) is 0 Å². The monoisotopic (exact) mass is 291 g/mol. The van der Waals surface area contributed by atoms with Crippen molar-refractivity contribution in [1.82, 2.24) is 5.32 Å². The maximum atomic E-state index is 11.7. The summed E-state index contributed by atoms with van der Waals surface area (Å²) in [7, 11) is 0. The van der Waals surface area contributed by atoms with E-state index in [1.54, 1.807) is 0 Å². The standard InChI is InChI=1S/C17H25NO3/c19-11-10-14-6-8-15(9-7-14)12-18-17(20)21-13-16-4-2-1-3-5-16/h1-5,14-15,19H,6-13H2,(H,18,20). The normalized spacial score (nSPS) is 21.8. The molecule has 1 aliphatic carbocycles. The molecule has 0 atom stereocenters. The number of ether oxygens (including phenoxy) is 1. The fourth-order valence-corrected chi connectivity index (χ4v) is 2.91. The second-order valence-corrected chi connectivity index (χ2v) is 5.84. The predicted molar refractivity (Wildman–Crippen MR) is 81.8 cm³/mol. The molecule has 0 radical (unpaired) electrons. The Balaban J connectivity index is 1.59. The van der Waals surface area contributed by atoms with E-state index in [1.807, 2.05) is 30.3 Å². The average Bonchev–Trinajstić information content (AvgIpc) is 2.53. The number of aliphatic hydroxyl groups excluding tert-OH is 1. The number of carbonyl (C=O) groups is 1. The molecular weight excluding hydrogens is 266 g/mol. The van der Waals surface area contributed by atoms with Crippen LogP contribution in [0.25, 0.3) is 0 Å². The summed E-state index contributed by atoms with van der Waals surface area (Å²) in [4.78, 5) is 11.7. The van der Waals surface area contributed by atoms with E-state index in [2.05, 4.69) is 5.32 Å². The van der Waals surface area contributed by atoms with Crippen molar-refractivity contribution < 1.29 is 14.6 Å². The largest absolute Gasteiger partial charge is 0.445 e. The van der Waals surface area contributed by atoms with Crippen molar-refractivity contribution in [1.29, 1.82) is 0 Å². The Morgan fingerprint density at radius 3 is 2.48 bits per heavy atom. The third kappa shape index (κ3) is 5.76. The van der Waals surface area contributed by atoms with Gasteiger partial charge in [0.1, 0.15) is 6.61 Å². The van der Waals surface area contributed by atoms with Crippen molar-refractivity contribution in [3.8, 4) is 0 Å². The van der Waals surface area contributed by atoms with Gasteiger partial charge in [-0.2, -0.15) is 0 Å². The summed E-state index contributed by atoms with van der Waals surface area (Å²) < 4.78 is 5.20. The lowest BCUT2D eigenvalue weighted by Gasteiger charge is -2.28. The lowest BCUT2D eigenvalue weighted by Crippen LogP contribution is -2.31. The molecule has 0 spiro atoms. The van der Waals surface area contributed by atoms with Gasteiger partial charge in [0.15, 0.2) is 0 Å². The Labute approximate surface area is 126 Å². The molecule has 1 fully saturated rings. The van der Waals surface area contributed by atoms with Crippen LogP contribution in [-0.2, 0) is 11.3 Å². The van der Waals surface area contributed by atoms with E-state index in [0.29, 0.717) is 31.6 Å². The minimum atomic E-state index is -0.337. The Hall–Kier alpha value is -1.55. The number of rotatable bonds is 6. The number of hydrogen-bond donors (Lipinski definition) is 2. The van der Waals surface area contributed by atoms with E-state index < -0.39 is 0 Å². The van der Waals surface area contributed by atoms with Crippen LogP contribution in [0.2, 0.25) is 0 Å². The Kier molecular flexibility index (Phi) is 6.54. The summed E-state index contributed by atoms with van der Waals surface area (Å²) in [6.45, 7) is 1.30. The van der Waals surface area contributed by atoms with Crippen LogP contribution in [-0.4, -0.2) is 24.4 Å². The van der Waals surface area contributed by atoms with Gasteiger partial charge >= 0.3 is 6.09 Å². The molecule has 1 amide bonds. The number of carbonyl (C=O) groups excluding carboxylic acids is 1. The van der Waals surface area contributed by atoms with Crippen molar-refractivity contribution in [3.05, 3.63) is 35.9 Å². The van der Waals surface area contributed by atoms with Crippen LogP contribution in [0.15, 0.2) is 30.3 Å². The first kappa shape index (κ1) is 15.8. The minimum absolute atomic E-state index is 0.291. The molecule has 0 aromatic heterocycles. The number of amides is 1. The molecule has 2 rings (SSSR count). The van der Waals surface area contributed by atoms with Crippen LogP contribution >= 0.6 is 0 Å². The highest BCUT2D eigenvalue weighted by molar-refractivity contribution is 5.67. The maximum absolute atomic E-state index is 11.7. The molecule has 1 aromatic carbocycles. The molecule has 0 aliphatic heterocycles. The average molecular weight is 291 g/mol. The third-order valence-electron chi connectivity index (χ3n) is 4.25. The van der Waals surface area contributed by atoms with Crippen molar-refractivity contribution in [2.45, 2.75) is 38.7 Å². The Morgan fingerprint density at radius 2 is 1.81 bits per heavy atom. The van der Waals surface area contributed by atoms with E-state index in [-0.39, 0.29) is 6.09 Å². The van der Waals surface area contributed by atoms with Crippen LogP contribution in [0.5, 0.6) is 0 Å². The van der Waals surface area contributed by atoms with Crippen molar-refractivity contribution >= 4 is 6.09 Å². The van der Waals surface area contributed by atoms with Gasteiger partial charge in [-0.3, -0.25) is 0 Å². The maximum Gasteiger partial charge on any atom is 0.407 e. The highest BCUT2D eigenvalue weighted by atomic mass is 16.5. The SMILES string of the molecule is O=C(NCC1CCC(CCO)CC1)OCc1ccccc1. The quantitative estimate of drug-likeness (QED) is 0.846. The van der Waals surface area contributed by atoms with Crippen LogP contribution in [0.4, 0.5) is 4.79 Å². The summed E-state index contributed by atoms with van der Waals surface area (Å²) in [5, 5.41) is 11.8. The van der Waals surface area contributed by atoms with Crippen LogP contribution in [0.1, 0.15) is 37.7 Å². The molecule has 4 nitrogen and oxygen atoms in total. The molecule has 4 heteroatoms. The first-order chi connectivity index (χ1) is 10.3. The fraction of sp³-hybridized carbons (Fsp3) is 0.588. The number of alkyl carbamates (subject to hydrolysis) is 1. The van der Waals surface area contributed by atoms with Crippen molar-refractivity contribution in [3.63, 3.8) is 0 Å². The number of aliphatic hydroxyl groups is 1. The molecule has 0 unspecified atom stereocenters.